The fourth-order valence-electron chi connectivity index (χ4n) is 2.64. The molecule has 1 rings (SSSR count). The molecule has 176 valence electrons. The predicted octanol–water partition coefficient (Wildman–Crippen LogP) is 3.56. The second-order valence-electron chi connectivity index (χ2n) is 7.07. The van der Waals surface area contributed by atoms with Crippen molar-refractivity contribution in [1.82, 2.24) is 14.9 Å². The average molecular weight is 575 g/mol. The van der Waals surface area contributed by atoms with Gasteiger partial charge in [0.25, 0.3) is 10.0 Å². The molecule has 2 N–H and O–H groups in total. The molecule has 10 heteroatoms. The molecule has 0 aromatic carbocycles. The molecule has 1 aromatic rings. The SMILES string of the molecule is CCNC(=NCCCOCC(C)C)NCCc1ccc(S(=O)(=O)N(CC)CC)s1.I. The maximum Gasteiger partial charge on any atom is 0.252 e. The van der Waals surface area contributed by atoms with Gasteiger partial charge in [-0.2, -0.15) is 4.31 Å². The summed E-state index contributed by atoms with van der Waals surface area (Å²) >= 11 is 1.35. The first-order chi connectivity index (χ1) is 13.8. The Bertz CT molecular complexity index is 705. The predicted molar refractivity (Wildman–Crippen MR) is 138 cm³/mol. The van der Waals surface area contributed by atoms with Crippen molar-refractivity contribution in [3.8, 4) is 0 Å². The maximum atomic E-state index is 12.6. The minimum absolute atomic E-state index is 0. The van der Waals surface area contributed by atoms with Crippen molar-refractivity contribution < 1.29 is 13.2 Å². The van der Waals surface area contributed by atoms with Gasteiger partial charge in [-0.3, -0.25) is 4.99 Å². The number of aliphatic imine (C=N–C) groups is 1. The largest absolute Gasteiger partial charge is 0.381 e. The summed E-state index contributed by atoms with van der Waals surface area (Å²) < 4.78 is 32.7. The second-order valence-corrected chi connectivity index (χ2v) is 10.4. The monoisotopic (exact) mass is 574 g/mol. The standard InChI is InChI=1S/C20H38N4O3S2.HI/c1-6-21-20(22-13-9-15-27-16-17(4)5)23-14-12-18-10-11-19(28-18)29(25,26)24(7-2)8-3;/h10-11,17H,6-9,12-16H2,1-5H3,(H2,21,22,23);1H. The molecule has 0 fully saturated rings. The third-order valence-electron chi connectivity index (χ3n) is 4.11. The van der Waals surface area contributed by atoms with Gasteiger partial charge >= 0.3 is 0 Å². The molecule has 0 aliphatic heterocycles. The van der Waals surface area contributed by atoms with E-state index in [4.69, 9.17) is 4.74 Å². The summed E-state index contributed by atoms with van der Waals surface area (Å²) in [7, 11) is -3.37. The van der Waals surface area contributed by atoms with Crippen LogP contribution in [0.15, 0.2) is 21.3 Å². The third-order valence-corrected chi connectivity index (χ3v) is 7.77. The normalized spacial score (nSPS) is 12.3. The van der Waals surface area contributed by atoms with Crippen molar-refractivity contribution in [1.29, 1.82) is 0 Å². The van der Waals surface area contributed by atoms with Gasteiger partial charge in [-0.1, -0.05) is 27.7 Å². The van der Waals surface area contributed by atoms with Crippen LogP contribution < -0.4 is 10.6 Å². The summed E-state index contributed by atoms with van der Waals surface area (Å²) in [6.45, 7) is 14.7. The second kappa shape index (κ2) is 16.2. The van der Waals surface area contributed by atoms with E-state index in [9.17, 15) is 8.42 Å². The topological polar surface area (TPSA) is 83.0 Å². The Labute approximate surface area is 204 Å². The molecule has 1 aromatic heterocycles. The van der Waals surface area contributed by atoms with E-state index in [2.05, 4.69) is 29.5 Å². The molecular formula is C20H39IN4O3S2. The van der Waals surface area contributed by atoms with E-state index in [0.29, 0.717) is 36.3 Å². The van der Waals surface area contributed by atoms with Crippen LogP contribution in [0.25, 0.3) is 0 Å². The molecule has 7 nitrogen and oxygen atoms in total. The van der Waals surface area contributed by atoms with Crippen molar-refractivity contribution >= 4 is 51.3 Å². The van der Waals surface area contributed by atoms with Gasteiger partial charge in [0.05, 0.1) is 0 Å². The number of hydrogen-bond donors (Lipinski definition) is 2. The molecule has 0 unspecified atom stereocenters. The zero-order valence-electron chi connectivity index (χ0n) is 18.9. The van der Waals surface area contributed by atoms with E-state index in [1.54, 1.807) is 6.07 Å². The molecule has 0 aliphatic carbocycles. The highest BCUT2D eigenvalue weighted by Crippen LogP contribution is 2.25. The number of halogens is 1. The Kier molecular flexibility index (Phi) is 16.0. The van der Waals surface area contributed by atoms with Gasteiger partial charge in [-0.15, -0.1) is 35.3 Å². The molecule has 0 bridgehead atoms. The van der Waals surface area contributed by atoms with Crippen molar-refractivity contribution in [3.63, 3.8) is 0 Å². The fraction of sp³-hybridized carbons (Fsp3) is 0.750. The summed E-state index contributed by atoms with van der Waals surface area (Å²) in [6.07, 6.45) is 1.64. The van der Waals surface area contributed by atoms with Gasteiger partial charge in [0.2, 0.25) is 0 Å². The minimum Gasteiger partial charge on any atom is -0.381 e. The quantitative estimate of drug-likeness (QED) is 0.154. The lowest BCUT2D eigenvalue weighted by molar-refractivity contribution is 0.109. The smallest absolute Gasteiger partial charge is 0.252 e. The van der Waals surface area contributed by atoms with E-state index < -0.39 is 10.0 Å². The Morgan fingerprint density at radius 3 is 2.50 bits per heavy atom. The molecule has 0 saturated carbocycles. The lowest BCUT2D eigenvalue weighted by Crippen LogP contribution is -2.38. The molecule has 0 radical (unpaired) electrons. The molecule has 0 atom stereocenters. The van der Waals surface area contributed by atoms with Gasteiger partial charge < -0.3 is 15.4 Å². The van der Waals surface area contributed by atoms with Gasteiger partial charge in [-0.05, 0) is 37.8 Å². The molecule has 30 heavy (non-hydrogen) atoms. The van der Waals surface area contributed by atoms with Crippen LogP contribution in [-0.4, -0.2) is 64.6 Å². The van der Waals surface area contributed by atoms with Crippen LogP contribution in [0, 0.1) is 5.92 Å². The summed E-state index contributed by atoms with van der Waals surface area (Å²) in [6, 6.07) is 3.61. The maximum absolute atomic E-state index is 12.6. The number of rotatable bonds is 14. The number of ether oxygens (including phenoxy) is 1. The first-order valence-electron chi connectivity index (χ1n) is 10.5. The molecular weight excluding hydrogens is 535 g/mol. The van der Waals surface area contributed by atoms with Gasteiger partial charge in [-0.25, -0.2) is 8.42 Å². The average Bonchev–Trinajstić information content (AvgIpc) is 3.15. The van der Waals surface area contributed by atoms with E-state index >= 15 is 0 Å². The van der Waals surface area contributed by atoms with Gasteiger partial charge in [0, 0.05) is 50.8 Å². The number of nitrogens with one attached hydrogen (secondary N) is 2. The van der Waals surface area contributed by atoms with E-state index in [1.807, 2.05) is 26.8 Å². The number of hydrogen-bond acceptors (Lipinski definition) is 5. The Balaban J connectivity index is 0.00000841. The summed E-state index contributed by atoms with van der Waals surface area (Å²) in [5.74, 6) is 1.33. The highest BCUT2D eigenvalue weighted by Gasteiger charge is 2.23. The number of guanidine groups is 1. The van der Waals surface area contributed by atoms with Gasteiger partial charge in [0.1, 0.15) is 4.21 Å². The molecule has 0 aliphatic rings. The first kappa shape index (κ1) is 29.6. The first-order valence-corrected chi connectivity index (χ1v) is 12.8. The number of thiophene rings is 1. The Morgan fingerprint density at radius 1 is 1.20 bits per heavy atom. The summed E-state index contributed by atoms with van der Waals surface area (Å²) in [5.41, 5.74) is 0. The van der Waals surface area contributed by atoms with Crippen LogP contribution in [0.4, 0.5) is 0 Å². The minimum atomic E-state index is -3.37. The third kappa shape index (κ3) is 10.7. The number of nitrogens with zero attached hydrogens (tertiary/aromatic N) is 2. The molecule has 0 spiro atoms. The summed E-state index contributed by atoms with van der Waals surface area (Å²) in [4.78, 5) is 5.61. The van der Waals surface area contributed by atoms with Crippen LogP contribution in [-0.2, 0) is 21.2 Å². The van der Waals surface area contributed by atoms with Gasteiger partial charge in [0.15, 0.2) is 5.96 Å². The fourth-order valence-corrected chi connectivity index (χ4v) is 5.61. The molecule has 0 saturated heterocycles. The van der Waals surface area contributed by atoms with Crippen LogP contribution in [0.3, 0.4) is 0 Å². The zero-order valence-corrected chi connectivity index (χ0v) is 22.9. The lowest BCUT2D eigenvalue weighted by atomic mass is 10.2. The van der Waals surface area contributed by atoms with Crippen molar-refractivity contribution in [3.05, 3.63) is 17.0 Å². The van der Waals surface area contributed by atoms with E-state index in [1.165, 1.54) is 15.6 Å². The van der Waals surface area contributed by atoms with Crippen LogP contribution in [0.2, 0.25) is 0 Å². The molecule has 0 amide bonds. The Hall–Kier alpha value is -0.430. The van der Waals surface area contributed by atoms with Crippen LogP contribution in [0.5, 0.6) is 0 Å². The summed E-state index contributed by atoms with van der Waals surface area (Å²) in [5, 5.41) is 6.55. The van der Waals surface area contributed by atoms with E-state index in [-0.39, 0.29) is 24.0 Å². The van der Waals surface area contributed by atoms with Crippen molar-refractivity contribution in [2.45, 2.75) is 51.7 Å². The number of sulfonamides is 1. The zero-order chi connectivity index (χ0) is 21.7. The molecule has 1 heterocycles. The Morgan fingerprint density at radius 2 is 1.90 bits per heavy atom. The van der Waals surface area contributed by atoms with Crippen molar-refractivity contribution in [2.75, 3.05) is 45.9 Å². The van der Waals surface area contributed by atoms with E-state index in [0.717, 1.165) is 43.4 Å². The van der Waals surface area contributed by atoms with Crippen molar-refractivity contribution in [2.24, 2.45) is 10.9 Å². The lowest BCUT2D eigenvalue weighted by Gasteiger charge is -2.16. The highest BCUT2D eigenvalue weighted by molar-refractivity contribution is 14.0. The van der Waals surface area contributed by atoms with Crippen LogP contribution >= 0.6 is 35.3 Å². The highest BCUT2D eigenvalue weighted by atomic mass is 127. The van der Waals surface area contributed by atoms with Crippen LogP contribution in [0.1, 0.15) is 45.9 Å².